The molecule has 1 aromatic carbocycles. The molecule has 3 nitrogen and oxygen atoms in total. The zero-order valence-corrected chi connectivity index (χ0v) is 16.6. The number of allylic oxidation sites excluding steroid dienone is 1. The quantitative estimate of drug-likeness (QED) is 0.557. The first-order valence-electron chi connectivity index (χ1n) is 8.33. The maximum atomic E-state index is 13.3. The molecule has 24 heavy (non-hydrogen) atoms. The van der Waals surface area contributed by atoms with Crippen LogP contribution >= 0.6 is 0 Å². The second-order valence-corrected chi connectivity index (χ2v) is 15.5. The van der Waals surface area contributed by atoms with Gasteiger partial charge in [-0.3, -0.25) is 4.79 Å². The van der Waals surface area contributed by atoms with Crippen LogP contribution in [0.25, 0.3) is 0 Å². The molecule has 0 heterocycles. The Morgan fingerprint density at radius 1 is 1.25 bits per heavy atom. The van der Waals surface area contributed by atoms with E-state index in [2.05, 4.69) is 32.0 Å². The van der Waals surface area contributed by atoms with Gasteiger partial charge in [-0.2, -0.15) is 0 Å². The molecule has 0 amide bonds. The SMILES string of the molecule is C=C=C(CC1(S(=O)(=O)c2ccccc2)CCCC1=O)C[Si](C)(C)C. The van der Waals surface area contributed by atoms with Crippen molar-refractivity contribution in [3.05, 3.63) is 48.2 Å². The predicted octanol–water partition coefficient (Wildman–Crippen LogP) is 4.39. The van der Waals surface area contributed by atoms with Crippen LogP contribution in [0.2, 0.25) is 25.7 Å². The van der Waals surface area contributed by atoms with Gasteiger partial charge in [0.2, 0.25) is 0 Å². The van der Waals surface area contributed by atoms with Gasteiger partial charge in [-0.15, -0.1) is 5.73 Å². The predicted molar refractivity (Wildman–Crippen MR) is 101 cm³/mol. The van der Waals surface area contributed by atoms with Gasteiger partial charge in [0.25, 0.3) is 0 Å². The van der Waals surface area contributed by atoms with Crippen molar-refractivity contribution in [1.82, 2.24) is 0 Å². The highest BCUT2D eigenvalue weighted by Crippen LogP contribution is 2.43. The third kappa shape index (κ3) is 3.64. The van der Waals surface area contributed by atoms with E-state index < -0.39 is 22.7 Å². The topological polar surface area (TPSA) is 51.2 Å². The van der Waals surface area contributed by atoms with Crippen molar-refractivity contribution in [3.63, 3.8) is 0 Å². The Hall–Kier alpha value is -1.42. The second kappa shape index (κ2) is 6.83. The van der Waals surface area contributed by atoms with Gasteiger partial charge in [0.15, 0.2) is 15.6 Å². The minimum atomic E-state index is -3.73. The van der Waals surface area contributed by atoms with Crippen LogP contribution in [0.5, 0.6) is 0 Å². The van der Waals surface area contributed by atoms with E-state index in [1.807, 2.05) is 0 Å². The summed E-state index contributed by atoms with van der Waals surface area (Å²) in [7, 11) is -5.19. The highest BCUT2D eigenvalue weighted by Gasteiger charge is 2.53. The lowest BCUT2D eigenvalue weighted by Crippen LogP contribution is -2.43. The van der Waals surface area contributed by atoms with Crippen molar-refractivity contribution in [2.45, 2.75) is 61.0 Å². The molecule has 0 aromatic heterocycles. The highest BCUT2D eigenvalue weighted by molar-refractivity contribution is 7.93. The van der Waals surface area contributed by atoms with Gasteiger partial charge in [0.05, 0.1) is 4.90 Å². The van der Waals surface area contributed by atoms with Gasteiger partial charge in [-0.05, 0) is 36.6 Å². The molecular formula is C19H26O3SSi. The van der Waals surface area contributed by atoms with Crippen molar-refractivity contribution in [2.75, 3.05) is 0 Å². The minimum absolute atomic E-state index is 0.158. The molecule has 1 aromatic rings. The van der Waals surface area contributed by atoms with Crippen LogP contribution in [-0.2, 0) is 14.6 Å². The number of rotatable bonds is 6. The normalized spacial score (nSPS) is 21.5. The van der Waals surface area contributed by atoms with E-state index in [0.29, 0.717) is 19.3 Å². The van der Waals surface area contributed by atoms with Crippen LogP contribution in [0.15, 0.2) is 53.1 Å². The average molecular weight is 363 g/mol. The van der Waals surface area contributed by atoms with Crippen molar-refractivity contribution in [1.29, 1.82) is 0 Å². The molecule has 1 saturated carbocycles. The maximum absolute atomic E-state index is 13.3. The zero-order valence-electron chi connectivity index (χ0n) is 14.8. The lowest BCUT2D eigenvalue weighted by Gasteiger charge is -2.29. The van der Waals surface area contributed by atoms with E-state index in [1.54, 1.807) is 30.3 Å². The summed E-state index contributed by atoms with van der Waals surface area (Å²) in [5.41, 5.74) is 3.82. The number of benzene rings is 1. The fourth-order valence-electron chi connectivity index (χ4n) is 3.47. The molecule has 1 fully saturated rings. The van der Waals surface area contributed by atoms with Gasteiger partial charge in [0, 0.05) is 20.9 Å². The average Bonchev–Trinajstić information content (AvgIpc) is 2.88. The summed E-state index contributed by atoms with van der Waals surface area (Å²) in [5, 5.41) is 0. The van der Waals surface area contributed by atoms with Crippen molar-refractivity contribution in [3.8, 4) is 0 Å². The number of hydrogen-bond donors (Lipinski definition) is 0. The van der Waals surface area contributed by atoms with E-state index in [9.17, 15) is 13.2 Å². The first-order valence-corrected chi connectivity index (χ1v) is 13.5. The molecule has 0 aliphatic heterocycles. The standard InChI is InChI=1S/C19H26O3SSi/c1-5-16(15-24(2,3)4)14-19(13-9-12-18(19)20)23(21,22)17-10-7-6-8-11-17/h6-8,10-11H,1,9,12-15H2,2-4H3. The smallest absolute Gasteiger partial charge is 0.191 e. The fourth-order valence-corrected chi connectivity index (χ4v) is 7.14. The van der Waals surface area contributed by atoms with Crippen molar-refractivity contribution in [2.24, 2.45) is 0 Å². The third-order valence-electron chi connectivity index (χ3n) is 4.55. The summed E-state index contributed by atoms with van der Waals surface area (Å²) in [6, 6.07) is 9.16. The molecule has 0 bridgehead atoms. The molecule has 1 aliphatic carbocycles. The molecular weight excluding hydrogens is 336 g/mol. The molecule has 1 atom stereocenters. The van der Waals surface area contributed by atoms with E-state index in [1.165, 1.54) is 0 Å². The Kier molecular flexibility index (Phi) is 5.38. The molecule has 2 rings (SSSR count). The Morgan fingerprint density at radius 3 is 2.33 bits per heavy atom. The van der Waals surface area contributed by atoms with E-state index in [0.717, 1.165) is 11.6 Å². The molecule has 1 unspecified atom stereocenters. The van der Waals surface area contributed by atoms with Crippen LogP contribution < -0.4 is 0 Å². The van der Waals surface area contributed by atoms with Crippen LogP contribution in [0.4, 0.5) is 0 Å². The van der Waals surface area contributed by atoms with E-state index >= 15 is 0 Å². The minimum Gasteiger partial charge on any atom is -0.298 e. The third-order valence-corrected chi connectivity index (χ3v) is 8.54. The van der Waals surface area contributed by atoms with Crippen LogP contribution in [0.3, 0.4) is 0 Å². The number of sulfone groups is 1. The van der Waals surface area contributed by atoms with Gasteiger partial charge in [-0.25, -0.2) is 8.42 Å². The van der Waals surface area contributed by atoms with Crippen molar-refractivity contribution >= 4 is 23.7 Å². The van der Waals surface area contributed by atoms with Crippen LogP contribution in [0.1, 0.15) is 25.7 Å². The maximum Gasteiger partial charge on any atom is 0.191 e. The first kappa shape index (κ1) is 18.9. The number of carbonyl (C=O) groups excluding carboxylic acids is 1. The summed E-state index contributed by atoms with van der Waals surface area (Å²) in [6.45, 7) is 10.4. The Balaban J connectivity index is 2.49. The summed E-state index contributed by atoms with van der Waals surface area (Å²) >= 11 is 0. The highest BCUT2D eigenvalue weighted by atomic mass is 32.2. The Labute approximate surface area is 146 Å². The summed E-state index contributed by atoms with van der Waals surface area (Å²) in [5.74, 6) is -0.158. The molecule has 0 saturated heterocycles. The number of Topliss-reactive ketones (excluding diaryl/α,β-unsaturated/α-hetero) is 1. The summed E-state index contributed by atoms with van der Waals surface area (Å²) < 4.78 is 25.3. The second-order valence-electron chi connectivity index (χ2n) is 7.78. The first-order chi connectivity index (χ1) is 11.1. The van der Waals surface area contributed by atoms with Gasteiger partial charge in [-0.1, -0.05) is 44.4 Å². The summed E-state index contributed by atoms with van der Waals surface area (Å²) in [6.07, 6.45) is 1.59. The number of hydrogen-bond acceptors (Lipinski definition) is 3. The lowest BCUT2D eigenvalue weighted by atomic mass is 9.97. The monoisotopic (exact) mass is 362 g/mol. The van der Waals surface area contributed by atoms with Crippen molar-refractivity contribution < 1.29 is 13.2 Å². The molecule has 0 N–H and O–H groups in total. The Morgan fingerprint density at radius 2 is 1.88 bits per heavy atom. The van der Waals surface area contributed by atoms with E-state index in [4.69, 9.17) is 0 Å². The molecule has 0 radical (unpaired) electrons. The lowest BCUT2D eigenvalue weighted by molar-refractivity contribution is -0.119. The molecule has 1 aliphatic rings. The van der Waals surface area contributed by atoms with Gasteiger partial charge < -0.3 is 0 Å². The van der Waals surface area contributed by atoms with Crippen LogP contribution in [-0.4, -0.2) is 27.0 Å². The molecule has 0 spiro atoms. The number of carbonyl (C=O) groups is 1. The van der Waals surface area contributed by atoms with E-state index in [-0.39, 0.29) is 17.1 Å². The summed E-state index contributed by atoms with van der Waals surface area (Å²) in [4.78, 5) is 12.9. The molecule has 130 valence electrons. The molecule has 5 heteroatoms. The Bertz CT molecular complexity index is 769. The van der Waals surface area contributed by atoms with Crippen LogP contribution in [0, 0.1) is 0 Å². The fraction of sp³-hybridized carbons (Fsp3) is 0.474. The van der Waals surface area contributed by atoms with Gasteiger partial charge >= 0.3 is 0 Å². The number of ketones is 1. The zero-order chi connectivity index (χ0) is 18.0. The van der Waals surface area contributed by atoms with Gasteiger partial charge in [0.1, 0.15) is 4.75 Å². The largest absolute Gasteiger partial charge is 0.298 e.